The van der Waals surface area contributed by atoms with Gasteiger partial charge >= 0.3 is 0 Å². The summed E-state index contributed by atoms with van der Waals surface area (Å²) < 4.78 is 5.45. The Hall–Kier alpha value is -3.82. The van der Waals surface area contributed by atoms with Crippen molar-refractivity contribution in [1.29, 1.82) is 0 Å². The van der Waals surface area contributed by atoms with Gasteiger partial charge in [0.05, 0.1) is 18.7 Å². The largest absolute Gasteiger partial charge is 0.379 e. The zero-order valence-corrected chi connectivity index (χ0v) is 19.4. The topological polar surface area (TPSA) is 99.3 Å². The SMILES string of the molecule is O=C(Nc1ccnc(N2CCC2)c1)c1n[nH]c2ccc(-c3cncc(CN4CCOCC4)c3)cc12. The maximum atomic E-state index is 13.1. The van der Waals surface area contributed by atoms with E-state index in [9.17, 15) is 4.79 Å². The fraction of sp³-hybridized carbons (Fsp3) is 0.308. The first-order valence-corrected chi connectivity index (χ1v) is 12.0. The van der Waals surface area contributed by atoms with Crippen LogP contribution in [0.3, 0.4) is 0 Å². The molecule has 2 aliphatic rings. The Morgan fingerprint density at radius 3 is 2.74 bits per heavy atom. The molecule has 0 unspecified atom stereocenters. The molecule has 2 saturated heterocycles. The molecule has 0 saturated carbocycles. The Balaban J connectivity index is 1.24. The first-order chi connectivity index (χ1) is 17.2. The molecule has 5 heterocycles. The van der Waals surface area contributed by atoms with E-state index < -0.39 is 0 Å². The van der Waals surface area contributed by atoms with Crippen molar-refractivity contribution in [2.45, 2.75) is 13.0 Å². The number of amides is 1. The Bertz CT molecular complexity index is 1360. The van der Waals surface area contributed by atoms with Crippen LogP contribution in [0.1, 0.15) is 22.5 Å². The molecule has 2 aliphatic heterocycles. The molecule has 2 fully saturated rings. The Morgan fingerprint density at radius 2 is 1.91 bits per heavy atom. The molecule has 35 heavy (non-hydrogen) atoms. The highest BCUT2D eigenvalue weighted by molar-refractivity contribution is 6.11. The van der Waals surface area contributed by atoms with Gasteiger partial charge in [0.2, 0.25) is 0 Å². The van der Waals surface area contributed by atoms with Crippen LogP contribution in [0.5, 0.6) is 0 Å². The second kappa shape index (κ2) is 9.44. The lowest BCUT2D eigenvalue weighted by atomic mass is 10.0. The van der Waals surface area contributed by atoms with Gasteiger partial charge in [-0.2, -0.15) is 5.10 Å². The molecule has 9 heteroatoms. The van der Waals surface area contributed by atoms with Crippen LogP contribution < -0.4 is 10.2 Å². The lowest BCUT2D eigenvalue weighted by molar-refractivity contribution is 0.0341. The highest BCUT2D eigenvalue weighted by Gasteiger charge is 2.19. The minimum absolute atomic E-state index is 0.256. The van der Waals surface area contributed by atoms with Gasteiger partial charge in [-0.1, -0.05) is 6.07 Å². The number of nitrogens with one attached hydrogen (secondary N) is 2. The third-order valence-electron chi connectivity index (χ3n) is 6.60. The molecule has 0 atom stereocenters. The number of carbonyl (C=O) groups excluding carboxylic acids is 1. The number of H-pyrrole nitrogens is 1. The van der Waals surface area contributed by atoms with Gasteiger partial charge in [-0.15, -0.1) is 0 Å². The summed E-state index contributed by atoms with van der Waals surface area (Å²) in [5.74, 6) is 0.626. The second-order valence-electron chi connectivity index (χ2n) is 9.00. The molecular weight excluding hydrogens is 442 g/mol. The number of nitrogens with zero attached hydrogens (tertiary/aromatic N) is 5. The fourth-order valence-corrected chi connectivity index (χ4v) is 4.52. The normalized spacial score (nSPS) is 16.3. The summed E-state index contributed by atoms with van der Waals surface area (Å²) in [6.45, 7) is 6.25. The van der Waals surface area contributed by atoms with E-state index >= 15 is 0 Å². The molecule has 2 N–H and O–H groups in total. The fourth-order valence-electron chi connectivity index (χ4n) is 4.52. The van der Waals surface area contributed by atoms with Gasteiger partial charge in [-0.3, -0.25) is 19.8 Å². The van der Waals surface area contributed by atoms with Gasteiger partial charge in [0.1, 0.15) is 5.82 Å². The van der Waals surface area contributed by atoms with E-state index in [0.717, 1.165) is 79.3 Å². The molecule has 9 nitrogen and oxygen atoms in total. The summed E-state index contributed by atoms with van der Waals surface area (Å²) >= 11 is 0. The molecule has 1 amide bonds. The van der Waals surface area contributed by atoms with Crippen LogP contribution in [-0.2, 0) is 11.3 Å². The number of hydrogen-bond donors (Lipinski definition) is 2. The summed E-state index contributed by atoms with van der Waals surface area (Å²) in [6.07, 6.45) is 6.67. The van der Waals surface area contributed by atoms with E-state index in [-0.39, 0.29) is 5.91 Å². The summed E-state index contributed by atoms with van der Waals surface area (Å²) in [5, 5.41) is 11.0. The van der Waals surface area contributed by atoms with Gasteiger partial charge in [0, 0.05) is 74.0 Å². The van der Waals surface area contributed by atoms with Crippen LogP contribution in [0, 0.1) is 0 Å². The van der Waals surface area contributed by atoms with Crippen molar-refractivity contribution in [1.82, 2.24) is 25.1 Å². The Kier molecular flexibility index (Phi) is 5.85. The number of anilines is 2. The molecule has 0 spiro atoms. The molecular formula is C26H27N7O2. The monoisotopic (exact) mass is 469 g/mol. The molecule has 0 aliphatic carbocycles. The average Bonchev–Trinajstić information content (AvgIpc) is 3.28. The van der Waals surface area contributed by atoms with Crippen molar-refractivity contribution in [3.8, 4) is 11.1 Å². The van der Waals surface area contributed by atoms with E-state index in [1.165, 1.54) is 6.42 Å². The molecule has 1 aromatic carbocycles. The quantitative estimate of drug-likeness (QED) is 0.447. The van der Waals surface area contributed by atoms with E-state index in [2.05, 4.69) is 41.3 Å². The highest BCUT2D eigenvalue weighted by atomic mass is 16.5. The number of hydrogen-bond acceptors (Lipinski definition) is 7. The van der Waals surface area contributed by atoms with Crippen molar-refractivity contribution >= 4 is 28.3 Å². The van der Waals surface area contributed by atoms with Crippen LogP contribution in [0.25, 0.3) is 22.0 Å². The number of carbonyl (C=O) groups is 1. The third-order valence-corrected chi connectivity index (χ3v) is 6.60. The zero-order valence-electron chi connectivity index (χ0n) is 19.4. The maximum Gasteiger partial charge on any atom is 0.276 e. The predicted molar refractivity (Wildman–Crippen MR) is 134 cm³/mol. The van der Waals surface area contributed by atoms with Crippen LogP contribution in [0.4, 0.5) is 11.5 Å². The van der Waals surface area contributed by atoms with Gasteiger partial charge in [-0.05, 0) is 41.8 Å². The molecule has 178 valence electrons. The first-order valence-electron chi connectivity index (χ1n) is 12.0. The number of benzene rings is 1. The molecule has 0 bridgehead atoms. The van der Waals surface area contributed by atoms with Crippen LogP contribution in [-0.4, -0.2) is 70.4 Å². The molecule has 4 aromatic rings. The van der Waals surface area contributed by atoms with Crippen molar-refractivity contribution in [2.75, 3.05) is 49.6 Å². The van der Waals surface area contributed by atoms with E-state index in [4.69, 9.17) is 4.74 Å². The predicted octanol–water partition coefficient (Wildman–Crippen LogP) is 3.31. The Morgan fingerprint density at radius 1 is 1.03 bits per heavy atom. The maximum absolute atomic E-state index is 13.1. The summed E-state index contributed by atoms with van der Waals surface area (Å²) in [6, 6.07) is 11.9. The zero-order chi connectivity index (χ0) is 23.6. The molecule has 0 radical (unpaired) electrons. The van der Waals surface area contributed by atoms with Gasteiger partial charge in [0.15, 0.2) is 5.69 Å². The van der Waals surface area contributed by atoms with E-state index in [1.54, 1.807) is 12.3 Å². The number of morpholine rings is 1. The number of aromatic nitrogens is 4. The summed E-state index contributed by atoms with van der Waals surface area (Å²) in [4.78, 5) is 26.6. The standard InChI is InChI=1S/C26H27N7O2/c34-26(29-21-4-5-28-24(14-21)33-6-1-7-33)25-22-13-19(2-3-23(22)30-31-25)20-12-18(15-27-16-20)17-32-8-10-35-11-9-32/h2-5,12-16H,1,6-11,17H2,(H,30,31)(H,28,29,34). The minimum Gasteiger partial charge on any atom is -0.379 e. The minimum atomic E-state index is -0.256. The van der Waals surface area contributed by atoms with Crippen molar-refractivity contribution < 1.29 is 9.53 Å². The lowest BCUT2D eigenvalue weighted by Gasteiger charge is -2.32. The lowest BCUT2D eigenvalue weighted by Crippen LogP contribution is -2.37. The molecule has 6 rings (SSSR count). The van der Waals surface area contributed by atoms with Crippen LogP contribution >= 0.6 is 0 Å². The first kappa shape index (κ1) is 21.7. The summed E-state index contributed by atoms with van der Waals surface area (Å²) in [7, 11) is 0. The number of pyridine rings is 2. The molecule has 3 aromatic heterocycles. The van der Waals surface area contributed by atoms with Crippen molar-refractivity contribution in [2.24, 2.45) is 0 Å². The third kappa shape index (κ3) is 4.60. The average molecular weight is 470 g/mol. The van der Waals surface area contributed by atoms with E-state index in [1.807, 2.05) is 36.7 Å². The van der Waals surface area contributed by atoms with Crippen LogP contribution in [0.2, 0.25) is 0 Å². The summed E-state index contributed by atoms with van der Waals surface area (Å²) in [5.41, 5.74) is 5.05. The van der Waals surface area contributed by atoms with Crippen molar-refractivity contribution in [3.63, 3.8) is 0 Å². The highest BCUT2D eigenvalue weighted by Crippen LogP contribution is 2.27. The van der Waals surface area contributed by atoms with E-state index in [0.29, 0.717) is 11.4 Å². The number of fused-ring (bicyclic) bond motifs is 1. The van der Waals surface area contributed by atoms with Crippen molar-refractivity contribution in [3.05, 3.63) is 66.2 Å². The number of ether oxygens (including phenoxy) is 1. The second-order valence-corrected chi connectivity index (χ2v) is 9.00. The Labute approximate surface area is 203 Å². The smallest absolute Gasteiger partial charge is 0.276 e. The van der Waals surface area contributed by atoms with Gasteiger partial charge in [0.25, 0.3) is 5.91 Å². The number of rotatable bonds is 6. The van der Waals surface area contributed by atoms with Gasteiger partial charge < -0.3 is 15.0 Å². The number of aromatic amines is 1. The van der Waals surface area contributed by atoms with Gasteiger partial charge in [-0.25, -0.2) is 4.98 Å². The van der Waals surface area contributed by atoms with Crippen LogP contribution in [0.15, 0.2) is 55.0 Å².